The van der Waals surface area contributed by atoms with E-state index in [1.54, 1.807) is 0 Å². The number of aliphatic carboxylic acids is 1. The van der Waals surface area contributed by atoms with Crippen LogP contribution in [-0.4, -0.2) is 59.2 Å². The normalized spacial score (nSPS) is 33.4. The van der Waals surface area contributed by atoms with E-state index < -0.39 is 41.3 Å². The average Bonchev–Trinajstić information content (AvgIpc) is 3.22. The molecule has 4 aliphatic rings. The highest BCUT2D eigenvalue weighted by Crippen LogP contribution is 2.68. The number of carboxylic acids is 1. The molecule has 4 aliphatic carbocycles. The van der Waals surface area contributed by atoms with Gasteiger partial charge >= 0.3 is 17.9 Å². The molecule has 10 nitrogen and oxygen atoms in total. The Morgan fingerprint density at radius 2 is 1.69 bits per heavy atom. The molecule has 0 heterocycles. The van der Waals surface area contributed by atoms with Crippen LogP contribution in [0, 0.1) is 28.6 Å². The largest absolute Gasteiger partial charge is 0.481 e. The van der Waals surface area contributed by atoms with Gasteiger partial charge in [-0.1, -0.05) is 19.4 Å². The van der Waals surface area contributed by atoms with Crippen molar-refractivity contribution >= 4 is 35.4 Å². The van der Waals surface area contributed by atoms with E-state index in [-0.39, 0.29) is 42.3 Å². The molecule has 42 heavy (non-hydrogen) atoms. The van der Waals surface area contributed by atoms with Gasteiger partial charge in [0, 0.05) is 38.1 Å². The van der Waals surface area contributed by atoms with Crippen LogP contribution in [0.4, 0.5) is 0 Å². The minimum absolute atomic E-state index is 0.0187. The summed E-state index contributed by atoms with van der Waals surface area (Å²) >= 11 is 0. The van der Waals surface area contributed by atoms with E-state index in [4.69, 9.17) is 14.6 Å². The lowest BCUT2D eigenvalue weighted by Gasteiger charge is -2.59. The summed E-state index contributed by atoms with van der Waals surface area (Å²) in [5.41, 5.74) is -0.717. The van der Waals surface area contributed by atoms with Gasteiger partial charge in [-0.05, 0) is 87.0 Å². The quantitative estimate of drug-likeness (QED) is 0.254. The smallest absolute Gasteiger partial charge is 0.306 e. The number of hydrogen-bond donors (Lipinski definition) is 2. The minimum Gasteiger partial charge on any atom is -0.481 e. The van der Waals surface area contributed by atoms with E-state index >= 15 is 0 Å². The molecule has 232 valence electrons. The van der Waals surface area contributed by atoms with E-state index in [0.717, 1.165) is 32.1 Å². The fourth-order valence-electron chi connectivity index (χ4n) is 8.75. The molecular formula is C32H45NO9. The van der Waals surface area contributed by atoms with Gasteiger partial charge in [-0.2, -0.15) is 0 Å². The molecule has 0 unspecified atom stereocenters. The maximum absolute atomic E-state index is 13.8. The Morgan fingerprint density at radius 1 is 0.952 bits per heavy atom. The van der Waals surface area contributed by atoms with E-state index in [2.05, 4.69) is 19.2 Å². The number of ether oxygens (including phenoxy) is 2. The third-order valence-corrected chi connectivity index (χ3v) is 10.9. The Morgan fingerprint density at radius 3 is 2.40 bits per heavy atom. The summed E-state index contributed by atoms with van der Waals surface area (Å²) < 4.78 is 11.2. The van der Waals surface area contributed by atoms with E-state index in [0.29, 0.717) is 50.5 Å². The summed E-state index contributed by atoms with van der Waals surface area (Å²) in [6.45, 7) is 5.46. The second-order valence-corrected chi connectivity index (χ2v) is 13.2. The van der Waals surface area contributed by atoms with Crippen molar-refractivity contribution in [3.8, 4) is 0 Å². The van der Waals surface area contributed by atoms with E-state index in [1.807, 2.05) is 6.08 Å². The molecule has 0 spiro atoms. The number of Topliss-reactive ketones (excluding diaryl/α,β-unsaturated/α-hetero) is 1. The molecular weight excluding hydrogens is 542 g/mol. The second kappa shape index (κ2) is 12.7. The van der Waals surface area contributed by atoms with E-state index in [9.17, 15) is 28.8 Å². The predicted molar refractivity (Wildman–Crippen MR) is 151 cm³/mol. The van der Waals surface area contributed by atoms with Crippen LogP contribution in [0.5, 0.6) is 0 Å². The highest BCUT2D eigenvalue weighted by molar-refractivity contribution is 5.93. The lowest BCUT2D eigenvalue weighted by atomic mass is 9.46. The standard InChI is InChI=1S/C32H45NO9/c1-20(34)42-32(26(36)19-41-29(40)10-9-27(37)33-17-5-4-6-28(38)39)16-13-25-23-8-7-21-18-22(35)11-14-30(21,2)24(23)12-15-31(25,32)3/h18,23-25H,4-17,19H2,1-3H3,(H,33,37)(H,38,39)/t23-,24-,25+,30-,31-,32-/m0/s1. The summed E-state index contributed by atoms with van der Waals surface area (Å²) in [6, 6.07) is 0. The van der Waals surface area contributed by atoms with Crippen LogP contribution in [-0.2, 0) is 38.2 Å². The van der Waals surface area contributed by atoms with Crippen LogP contribution in [0.1, 0.15) is 104 Å². The first-order valence-electron chi connectivity index (χ1n) is 15.4. The lowest BCUT2D eigenvalue weighted by Crippen LogP contribution is -2.59. The Bertz CT molecular complexity index is 1160. The molecule has 0 aromatic heterocycles. The van der Waals surface area contributed by atoms with Gasteiger partial charge in [0.25, 0.3) is 0 Å². The van der Waals surface area contributed by atoms with Crippen molar-refractivity contribution < 1.29 is 43.3 Å². The van der Waals surface area contributed by atoms with Crippen LogP contribution < -0.4 is 5.32 Å². The van der Waals surface area contributed by atoms with Gasteiger partial charge in [-0.15, -0.1) is 0 Å². The zero-order valence-corrected chi connectivity index (χ0v) is 25.1. The van der Waals surface area contributed by atoms with E-state index in [1.165, 1.54) is 12.5 Å². The van der Waals surface area contributed by atoms with Gasteiger partial charge in [-0.3, -0.25) is 28.8 Å². The second-order valence-electron chi connectivity index (χ2n) is 13.2. The third-order valence-electron chi connectivity index (χ3n) is 10.9. The van der Waals surface area contributed by atoms with Gasteiger partial charge in [0.15, 0.2) is 18.0 Å². The minimum atomic E-state index is -1.37. The molecule has 0 bridgehead atoms. The van der Waals surface area contributed by atoms with Crippen molar-refractivity contribution in [2.75, 3.05) is 13.2 Å². The number of hydrogen-bond acceptors (Lipinski definition) is 8. The number of esters is 2. The maximum Gasteiger partial charge on any atom is 0.306 e. The number of carbonyl (C=O) groups excluding carboxylic acids is 5. The fraction of sp³-hybridized carbons (Fsp3) is 0.750. The Hall–Kier alpha value is -3.04. The van der Waals surface area contributed by atoms with Crippen molar-refractivity contribution in [1.29, 1.82) is 0 Å². The SMILES string of the molecule is CC(=O)O[C@]1(C(=O)COC(=O)CCC(=O)NCCCCC(=O)O)CC[C@@H]2[C@H]3CCC4=CC(=O)CC[C@]4(C)[C@H]3CC[C@@]21C. The van der Waals surface area contributed by atoms with Crippen molar-refractivity contribution in [3.63, 3.8) is 0 Å². The maximum atomic E-state index is 13.8. The lowest BCUT2D eigenvalue weighted by molar-refractivity contribution is -0.191. The molecule has 6 atom stereocenters. The fourth-order valence-corrected chi connectivity index (χ4v) is 8.75. The summed E-state index contributed by atoms with van der Waals surface area (Å²) in [5.74, 6) is -1.72. The number of nitrogens with one attached hydrogen (secondary N) is 1. The van der Waals surface area contributed by atoms with Crippen LogP contribution in [0.3, 0.4) is 0 Å². The molecule has 0 aromatic carbocycles. The first-order chi connectivity index (χ1) is 19.8. The number of carboxylic acid groups (broad SMARTS) is 1. The molecule has 0 saturated heterocycles. The highest BCUT2D eigenvalue weighted by atomic mass is 16.6. The average molecular weight is 588 g/mol. The number of carbonyl (C=O) groups is 6. The Labute approximate surface area is 247 Å². The monoisotopic (exact) mass is 587 g/mol. The number of rotatable bonds is 12. The number of ketones is 2. The van der Waals surface area contributed by atoms with Crippen molar-refractivity contribution in [2.45, 2.75) is 110 Å². The highest BCUT2D eigenvalue weighted by Gasteiger charge is 2.68. The summed E-state index contributed by atoms with van der Waals surface area (Å²) in [6.07, 6.45) is 8.52. The molecule has 10 heteroatoms. The van der Waals surface area contributed by atoms with Crippen LogP contribution >= 0.6 is 0 Å². The first kappa shape index (κ1) is 31.9. The van der Waals surface area contributed by atoms with Crippen molar-refractivity contribution in [1.82, 2.24) is 5.32 Å². The van der Waals surface area contributed by atoms with Crippen LogP contribution in [0.2, 0.25) is 0 Å². The van der Waals surface area contributed by atoms with Gasteiger partial charge in [-0.25, -0.2) is 0 Å². The van der Waals surface area contributed by atoms with Gasteiger partial charge < -0.3 is 19.9 Å². The predicted octanol–water partition coefficient (Wildman–Crippen LogP) is 4.08. The van der Waals surface area contributed by atoms with Crippen LogP contribution in [0.25, 0.3) is 0 Å². The topological polar surface area (TPSA) is 153 Å². The number of fused-ring (bicyclic) bond motifs is 5. The van der Waals surface area contributed by atoms with Crippen LogP contribution in [0.15, 0.2) is 11.6 Å². The zero-order chi connectivity index (χ0) is 30.7. The molecule has 1 amide bonds. The van der Waals surface area contributed by atoms with Gasteiger partial charge in [0.05, 0.1) is 6.42 Å². The van der Waals surface area contributed by atoms with Crippen molar-refractivity contribution in [3.05, 3.63) is 11.6 Å². The molecule has 0 radical (unpaired) electrons. The number of unbranched alkanes of at least 4 members (excludes halogenated alkanes) is 1. The molecule has 3 saturated carbocycles. The summed E-state index contributed by atoms with van der Waals surface area (Å²) in [7, 11) is 0. The Balaban J connectivity index is 1.37. The summed E-state index contributed by atoms with van der Waals surface area (Å²) in [5, 5.41) is 11.3. The molecule has 2 N–H and O–H groups in total. The Kier molecular flexibility index (Phi) is 9.62. The first-order valence-corrected chi connectivity index (χ1v) is 15.4. The van der Waals surface area contributed by atoms with Gasteiger partial charge in [0.2, 0.25) is 11.7 Å². The molecule has 0 aliphatic heterocycles. The number of amides is 1. The van der Waals surface area contributed by atoms with Gasteiger partial charge in [0.1, 0.15) is 0 Å². The molecule has 4 rings (SSSR count). The van der Waals surface area contributed by atoms with Crippen molar-refractivity contribution in [2.24, 2.45) is 28.6 Å². The third kappa shape index (κ3) is 6.18. The molecule has 3 fully saturated rings. The molecule has 0 aromatic rings. The summed E-state index contributed by atoms with van der Waals surface area (Å²) in [4.78, 5) is 73.3. The number of allylic oxidation sites excluding steroid dienone is 1. The zero-order valence-electron chi connectivity index (χ0n) is 25.1.